The number of hydrogen-bond donors (Lipinski definition) is 0. The standard InChI is InChI=1S/C14H26OSi/c1-8-9-10-11-15-16(12(2)3,13(4)5)14(6)7/h1,9-10,12-14H,11H2,2-7H3/b10-9+. The number of hydrogen-bond acceptors (Lipinski definition) is 1. The van der Waals surface area contributed by atoms with Crippen LogP contribution in [-0.2, 0) is 4.43 Å². The van der Waals surface area contributed by atoms with Crippen molar-refractivity contribution in [3.63, 3.8) is 0 Å². The van der Waals surface area contributed by atoms with Crippen molar-refractivity contribution < 1.29 is 4.43 Å². The van der Waals surface area contributed by atoms with Gasteiger partial charge in [-0.25, -0.2) is 0 Å². The quantitative estimate of drug-likeness (QED) is 0.493. The second-order valence-corrected chi connectivity index (χ2v) is 10.7. The zero-order chi connectivity index (χ0) is 12.8. The molecule has 0 aliphatic carbocycles. The summed E-state index contributed by atoms with van der Waals surface area (Å²) >= 11 is 0. The Morgan fingerprint density at radius 2 is 1.50 bits per heavy atom. The molecule has 0 aliphatic heterocycles. The molecule has 0 saturated carbocycles. The normalized spacial score (nSPS) is 13.0. The lowest BCUT2D eigenvalue weighted by atomic mass is 10.5. The van der Waals surface area contributed by atoms with E-state index in [1.807, 2.05) is 6.08 Å². The van der Waals surface area contributed by atoms with E-state index in [1.54, 1.807) is 6.08 Å². The highest BCUT2D eigenvalue weighted by molar-refractivity contribution is 6.77. The van der Waals surface area contributed by atoms with E-state index < -0.39 is 8.32 Å². The Labute approximate surface area is 102 Å². The predicted octanol–water partition coefficient (Wildman–Crippen LogP) is 4.37. The molecule has 92 valence electrons. The van der Waals surface area contributed by atoms with E-state index in [1.165, 1.54) is 0 Å². The summed E-state index contributed by atoms with van der Waals surface area (Å²) in [7, 11) is -1.70. The molecule has 0 amide bonds. The van der Waals surface area contributed by atoms with Gasteiger partial charge in [-0.05, 0) is 22.7 Å². The Morgan fingerprint density at radius 3 is 1.81 bits per heavy atom. The number of terminal acetylenes is 1. The minimum absolute atomic E-state index is 0.631. The summed E-state index contributed by atoms with van der Waals surface area (Å²) in [5.74, 6) is 2.50. The van der Waals surface area contributed by atoms with E-state index in [0.717, 1.165) is 0 Å². The van der Waals surface area contributed by atoms with Gasteiger partial charge in [-0.15, -0.1) is 6.42 Å². The summed E-state index contributed by atoms with van der Waals surface area (Å²) in [4.78, 5) is 0. The molecule has 0 saturated heterocycles. The minimum Gasteiger partial charge on any atom is -0.412 e. The van der Waals surface area contributed by atoms with Crippen LogP contribution in [0.25, 0.3) is 0 Å². The molecule has 0 atom stereocenters. The lowest BCUT2D eigenvalue weighted by Crippen LogP contribution is -2.47. The molecule has 0 N–H and O–H groups in total. The molecule has 0 bridgehead atoms. The lowest BCUT2D eigenvalue weighted by molar-refractivity contribution is 0.316. The van der Waals surface area contributed by atoms with Crippen LogP contribution >= 0.6 is 0 Å². The Balaban J connectivity index is 4.79. The fourth-order valence-corrected chi connectivity index (χ4v) is 8.19. The first-order valence-corrected chi connectivity index (χ1v) is 8.28. The zero-order valence-corrected chi connectivity index (χ0v) is 12.6. The third kappa shape index (κ3) is 3.50. The zero-order valence-electron chi connectivity index (χ0n) is 11.6. The summed E-state index contributed by atoms with van der Waals surface area (Å²) < 4.78 is 6.27. The average molecular weight is 238 g/mol. The molecule has 0 spiro atoms. The molecule has 0 aromatic carbocycles. The number of allylic oxidation sites excluding steroid dienone is 1. The minimum atomic E-state index is -1.70. The predicted molar refractivity (Wildman–Crippen MR) is 75.0 cm³/mol. The van der Waals surface area contributed by atoms with Crippen LogP contribution in [0.5, 0.6) is 0 Å². The third-order valence-corrected chi connectivity index (χ3v) is 9.43. The molecule has 0 aliphatic rings. The Morgan fingerprint density at radius 1 is 1.06 bits per heavy atom. The van der Waals surface area contributed by atoms with Gasteiger partial charge in [0.05, 0.1) is 6.61 Å². The molecule has 0 aromatic heterocycles. The second kappa shape index (κ2) is 6.93. The molecular formula is C14H26OSi. The van der Waals surface area contributed by atoms with Gasteiger partial charge in [-0.1, -0.05) is 53.5 Å². The first-order valence-electron chi connectivity index (χ1n) is 6.14. The summed E-state index contributed by atoms with van der Waals surface area (Å²) in [6.45, 7) is 14.4. The van der Waals surface area contributed by atoms with E-state index in [0.29, 0.717) is 23.2 Å². The van der Waals surface area contributed by atoms with Crippen LogP contribution in [0, 0.1) is 12.3 Å². The molecule has 2 heteroatoms. The topological polar surface area (TPSA) is 9.23 Å². The maximum absolute atomic E-state index is 6.27. The fraction of sp³-hybridized carbons (Fsp3) is 0.714. The molecule has 0 aromatic rings. The van der Waals surface area contributed by atoms with Crippen molar-refractivity contribution in [2.24, 2.45) is 0 Å². The van der Waals surface area contributed by atoms with Crippen molar-refractivity contribution in [3.05, 3.63) is 12.2 Å². The Hall–Kier alpha value is -0.523. The maximum atomic E-state index is 6.27. The van der Waals surface area contributed by atoms with Crippen LogP contribution in [0.3, 0.4) is 0 Å². The molecule has 16 heavy (non-hydrogen) atoms. The van der Waals surface area contributed by atoms with Crippen molar-refractivity contribution in [3.8, 4) is 12.3 Å². The maximum Gasteiger partial charge on any atom is 0.200 e. The lowest BCUT2D eigenvalue weighted by Gasteiger charge is -2.41. The molecule has 0 rings (SSSR count). The second-order valence-electron chi connectivity index (χ2n) is 5.20. The van der Waals surface area contributed by atoms with Crippen LogP contribution in [-0.4, -0.2) is 14.9 Å². The van der Waals surface area contributed by atoms with Crippen LogP contribution in [0.4, 0.5) is 0 Å². The van der Waals surface area contributed by atoms with Gasteiger partial charge in [-0.2, -0.15) is 0 Å². The van der Waals surface area contributed by atoms with Crippen molar-refractivity contribution in [2.45, 2.75) is 58.2 Å². The Bertz CT molecular complexity index is 237. The van der Waals surface area contributed by atoms with E-state index >= 15 is 0 Å². The first-order chi connectivity index (χ1) is 7.39. The van der Waals surface area contributed by atoms with Crippen LogP contribution in [0.15, 0.2) is 12.2 Å². The van der Waals surface area contributed by atoms with Crippen molar-refractivity contribution in [1.82, 2.24) is 0 Å². The SMILES string of the molecule is C#C/C=C/CO[Si](C(C)C)(C(C)C)C(C)C. The van der Waals surface area contributed by atoms with Crippen LogP contribution in [0.2, 0.25) is 16.6 Å². The molecule has 0 heterocycles. The third-order valence-electron chi connectivity index (χ3n) is 3.35. The largest absolute Gasteiger partial charge is 0.412 e. The fourth-order valence-electron chi connectivity index (χ4n) is 2.81. The highest BCUT2D eigenvalue weighted by Crippen LogP contribution is 2.42. The molecule has 0 radical (unpaired) electrons. The average Bonchev–Trinajstić information content (AvgIpc) is 2.16. The van der Waals surface area contributed by atoms with Crippen LogP contribution in [0.1, 0.15) is 41.5 Å². The van der Waals surface area contributed by atoms with Gasteiger partial charge in [0.1, 0.15) is 0 Å². The highest BCUT2D eigenvalue weighted by atomic mass is 28.4. The van der Waals surface area contributed by atoms with E-state index in [-0.39, 0.29) is 0 Å². The number of rotatable bonds is 6. The molecular weight excluding hydrogens is 212 g/mol. The van der Waals surface area contributed by atoms with E-state index in [9.17, 15) is 0 Å². The summed E-state index contributed by atoms with van der Waals surface area (Å²) in [5.41, 5.74) is 1.89. The summed E-state index contributed by atoms with van der Waals surface area (Å²) in [5, 5.41) is 0. The van der Waals surface area contributed by atoms with Gasteiger partial charge in [0.15, 0.2) is 0 Å². The highest BCUT2D eigenvalue weighted by Gasteiger charge is 2.44. The van der Waals surface area contributed by atoms with Gasteiger partial charge >= 0.3 is 0 Å². The molecule has 1 nitrogen and oxygen atoms in total. The van der Waals surface area contributed by atoms with Crippen LogP contribution < -0.4 is 0 Å². The van der Waals surface area contributed by atoms with Crippen molar-refractivity contribution in [1.29, 1.82) is 0 Å². The smallest absolute Gasteiger partial charge is 0.200 e. The van der Waals surface area contributed by atoms with Gasteiger partial charge < -0.3 is 4.43 Å². The van der Waals surface area contributed by atoms with E-state index in [4.69, 9.17) is 10.8 Å². The van der Waals surface area contributed by atoms with Gasteiger partial charge in [0.25, 0.3) is 0 Å². The van der Waals surface area contributed by atoms with Crippen molar-refractivity contribution in [2.75, 3.05) is 6.61 Å². The van der Waals surface area contributed by atoms with E-state index in [2.05, 4.69) is 47.5 Å². The molecule has 0 unspecified atom stereocenters. The summed E-state index contributed by atoms with van der Waals surface area (Å²) in [6.07, 6.45) is 8.84. The van der Waals surface area contributed by atoms with Crippen molar-refractivity contribution >= 4 is 8.32 Å². The Kier molecular flexibility index (Phi) is 6.70. The monoisotopic (exact) mass is 238 g/mol. The summed E-state index contributed by atoms with van der Waals surface area (Å²) in [6, 6.07) is 0. The molecule has 0 fully saturated rings. The van der Waals surface area contributed by atoms with Gasteiger partial charge in [-0.3, -0.25) is 0 Å². The van der Waals surface area contributed by atoms with Gasteiger partial charge in [0.2, 0.25) is 8.32 Å². The first kappa shape index (κ1) is 15.5. The van der Waals surface area contributed by atoms with Gasteiger partial charge in [0, 0.05) is 0 Å².